The minimum Gasteiger partial charge on any atom is -0.423 e. The first-order chi connectivity index (χ1) is 11.1. The number of fused-ring (bicyclic) bond motifs is 1. The van der Waals surface area contributed by atoms with Crippen molar-refractivity contribution in [3.63, 3.8) is 0 Å². The number of hydrogen-bond acceptors (Lipinski definition) is 4. The molecule has 0 atom stereocenters. The molecule has 0 unspecified atom stereocenters. The van der Waals surface area contributed by atoms with Gasteiger partial charge in [-0.1, -0.05) is 0 Å². The molecule has 0 aliphatic heterocycles. The number of aromatic amines is 1. The molecule has 3 aromatic rings. The molecule has 3 N–H and O–H groups in total. The van der Waals surface area contributed by atoms with Crippen LogP contribution in [-0.2, 0) is 0 Å². The molecule has 3 rings (SSSR count). The Morgan fingerprint density at radius 3 is 2.83 bits per heavy atom. The van der Waals surface area contributed by atoms with Gasteiger partial charge in [-0.15, -0.1) is 0 Å². The number of nitrogens with one attached hydrogen (secondary N) is 3. The van der Waals surface area contributed by atoms with E-state index < -0.39 is 0 Å². The highest BCUT2D eigenvalue weighted by molar-refractivity contribution is 5.90. The van der Waals surface area contributed by atoms with Crippen molar-refractivity contribution in [1.29, 1.82) is 0 Å². The zero-order chi connectivity index (χ0) is 16.4. The number of benzene rings is 1. The number of pyridine rings is 1. The topological polar surface area (TPSA) is 100 Å². The van der Waals surface area contributed by atoms with Crippen molar-refractivity contribution in [3.05, 3.63) is 46.4 Å². The predicted octanol–water partition coefficient (Wildman–Crippen LogP) is 2.63. The summed E-state index contributed by atoms with van der Waals surface area (Å²) >= 11 is 0. The lowest BCUT2D eigenvalue weighted by molar-refractivity contribution is 0.252. The van der Waals surface area contributed by atoms with Gasteiger partial charge >= 0.3 is 12.0 Å². The third-order valence-corrected chi connectivity index (χ3v) is 3.35. The molecule has 0 fully saturated rings. The number of aromatic nitrogens is 2. The summed E-state index contributed by atoms with van der Waals surface area (Å²) in [5.74, 6) is 0. The molecule has 0 radical (unpaired) electrons. The maximum Gasteiger partial charge on any atom is 0.322 e. The van der Waals surface area contributed by atoms with Crippen LogP contribution in [0, 0.1) is 6.92 Å². The quantitative estimate of drug-likeness (QED) is 0.692. The standard InChI is InChI=1S/C16H16N4O3/c1-3-17-15(22)20-16-19-12-7-11(6-9(2)14(12)23-16)10-4-5-13(21)18-8-10/h4-8H,3H2,1-2H3,(H,18,21)(H2,17,19,20,22). The molecular weight excluding hydrogens is 296 g/mol. The highest BCUT2D eigenvalue weighted by Gasteiger charge is 2.12. The lowest BCUT2D eigenvalue weighted by Crippen LogP contribution is -2.28. The first-order valence-electron chi connectivity index (χ1n) is 7.22. The van der Waals surface area contributed by atoms with Gasteiger partial charge in [-0.2, -0.15) is 4.98 Å². The van der Waals surface area contributed by atoms with E-state index in [0.717, 1.165) is 16.7 Å². The van der Waals surface area contributed by atoms with Gasteiger partial charge in [0.05, 0.1) is 0 Å². The van der Waals surface area contributed by atoms with E-state index in [9.17, 15) is 9.59 Å². The number of H-pyrrole nitrogens is 1. The molecule has 0 aliphatic carbocycles. The lowest BCUT2D eigenvalue weighted by atomic mass is 10.0. The fraction of sp³-hybridized carbons (Fsp3) is 0.188. The Hall–Kier alpha value is -3.09. The first-order valence-corrected chi connectivity index (χ1v) is 7.22. The van der Waals surface area contributed by atoms with Crippen LogP contribution in [0.1, 0.15) is 12.5 Å². The number of urea groups is 1. The number of carbonyl (C=O) groups excluding carboxylic acids is 1. The van der Waals surface area contributed by atoms with Crippen LogP contribution in [0.5, 0.6) is 0 Å². The molecule has 2 heterocycles. The molecule has 0 spiro atoms. The molecule has 0 saturated carbocycles. The summed E-state index contributed by atoms with van der Waals surface area (Å²) in [6.45, 7) is 4.24. The van der Waals surface area contributed by atoms with Crippen molar-refractivity contribution >= 4 is 23.1 Å². The van der Waals surface area contributed by atoms with Crippen LogP contribution in [0.4, 0.5) is 10.8 Å². The Labute approximate surface area is 131 Å². The zero-order valence-corrected chi connectivity index (χ0v) is 12.8. The number of rotatable bonds is 3. The Morgan fingerprint density at radius 2 is 2.13 bits per heavy atom. The van der Waals surface area contributed by atoms with Gasteiger partial charge in [0.1, 0.15) is 5.52 Å². The second kappa shape index (κ2) is 5.96. The third-order valence-electron chi connectivity index (χ3n) is 3.35. The van der Waals surface area contributed by atoms with Crippen LogP contribution >= 0.6 is 0 Å². The van der Waals surface area contributed by atoms with Crippen LogP contribution in [0.25, 0.3) is 22.2 Å². The molecule has 23 heavy (non-hydrogen) atoms. The second-order valence-corrected chi connectivity index (χ2v) is 5.09. The van der Waals surface area contributed by atoms with Gasteiger partial charge in [0.2, 0.25) is 5.56 Å². The zero-order valence-electron chi connectivity index (χ0n) is 12.8. The largest absolute Gasteiger partial charge is 0.423 e. The smallest absolute Gasteiger partial charge is 0.322 e. The number of oxazole rings is 1. The second-order valence-electron chi connectivity index (χ2n) is 5.09. The summed E-state index contributed by atoms with van der Waals surface area (Å²) in [5.41, 5.74) is 3.77. The molecule has 1 aromatic carbocycles. The van der Waals surface area contributed by atoms with Gasteiger partial charge in [0.15, 0.2) is 5.58 Å². The van der Waals surface area contributed by atoms with Crippen LogP contribution < -0.4 is 16.2 Å². The molecule has 0 aliphatic rings. The van der Waals surface area contributed by atoms with Crippen molar-refractivity contribution in [3.8, 4) is 11.1 Å². The van der Waals surface area contributed by atoms with Gasteiger partial charge in [-0.05, 0) is 48.7 Å². The molecule has 0 bridgehead atoms. The third kappa shape index (κ3) is 3.08. The summed E-state index contributed by atoms with van der Waals surface area (Å²) in [6, 6.07) is 6.79. The maximum absolute atomic E-state index is 11.5. The van der Waals surface area contributed by atoms with E-state index in [1.165, 1.54) is 6.07 Å². The van der Waals surface area contributed by atoms with Crippen molar-refractivity contribution in [2.24, 2.45) is 0 Å². The van der Waals surface area contributed by atoms with Crippen LogP contribution in [0.15, 0.2) is 39.7 Å². The van der Waals surface area contributed by atoms with E-state index in [0.29, 0.717) is 17.6 Å². The van der Waals surface area contributed by atoms with Crippen LogP contribution in [-0.4, -0.2) is 22.5 Å². The van der Waals surface area contributed by atoms with E-state index in [1.54, 1.807) is 12.3 Å². The Kier molecular flexibility index (Phi) is 3.84. The molecule has 2 amide bonds. The molecule has 2 aromatic heterocycles. The molecule has 0 saturated heterocycles. The number of nitrogens with zero attached hydrogens (tertiary/aromatic N) is 1. The summed E-state index contributed by atoms with van der Waals surface area (Å²) < 4.78 is 5.58. The normalized spacial score (nSPS) is 10.7. The van der Waals surface area contributed by atoms with E-state index in [1.807, 2.05) is 26.0 Å². The van der Waals surface area contributed by atoms with Gasteiger partial charge in [0.25, 0.3) is 0 Å². The van der Waals surface area contributed by atoms with Gasteiger partial charge < -0.3 is 14.7 Å². The van der Waals surface area contributed by atoms with E-state index >= 15 is 0 Å². The number of hydrogen-bond donors (Lipinski definition) is 3. The summed E-state index contributed by atoms with van der Waals surface area (Å²) in [5, 5.41) is 5.16. The van der Waals surface area contributed by atoms with Crippen LogP contribution in [0.2, 0.25) is 0 Å². The van der Waals surface area contributed by atoms with Crippen molar-refractivity contribution < 1.29 is 9.21 Å². The van der Waals surface area contributed by atoms with Gasteiger partial charge in [-0.3, -0.25) is 10.1 Å². The SMILES string of the molecule is CCNC(=O)Nc1nc2cc(-c3ccc(=O)[nH]c3)cc(C)c2o1. The summed E-state index contributed by atoms with van der Waals surface area (Å²) in [6.07, 6.45) is 1.65. The van der Waals surface area contributed by atoms with Crippen molar-refractivity contribution in [2.45, 2.75) is 13.8 Å². The lowest BCUT2D eigenvalue weighted by Gasteiger charge is -2.02. The number of aryl methyl sites for hydroxylation is 1. The minimum atomic E-state index is -0.363. The number of amides is 2. The highest BCUT2D eigenvalue weighted by atomic mass is 16.4. The highest BCUT2D eigenvalue weighted by Crippen LogP contribution is 2.28. The molecule has 118 valence electrons. The Morgan fingerprint density at radius 1 is 1.30 bits per heavy atom. The van der Waals surface area contributed by atoms with Crippen molar-refractivity contribution in [1.82, 2.24) is 15.3 Å². The molecular formula is C16H16N4O3. The van der Waals surface area contributed by atoms with Crippen LogP contribution in [0.3, 0.4) is 0 Å². The first kappa shape index (κ1) is 14.8. The van der Waals surface area contributed by atoms with E-state index in [-0.39, 0.29) is 17.6 Å². The summed E-state index contributed by atoms with van der Waals surface area (Å²) in [4.78, 5) is 29.6. The molecule has 7 nitrogen and oxygen atoms in total. The average molecular weight is 312 g/mol. The fourth-order valence-electron chi connectivity index (χ4n) is 2.31. The average Bonchev–Trinajstić information content (AvgIpc) is 2.91. The van der Waals surface area contributed by atoms with E-state index in [2.05, 4.69) is 20.6 Å². The Bertz CT molecular complexity index is 906. The molecule has 7 heteroatoms. The Balaban J connectivity index is 1.99. The minimum absolute atomic E-state index is 0.146. The van der Waals surface area contributed by atoms with Gasteiger partial charge in [-0.25, -0.2) is 4.79 Å². The van der Waals surface area contributed by atoms with Gasteiger partial charge in [0, 0.05) is 18.8 Å². The maximum atomic E-state index is 11.5. The summed E-state index contributed by atoms with van der Waals surface area (Å²) in [7, 11) is 0. The van der Waals surface area contributed by atoms with E-state index in [4.69, 9.17) is 4.42 Å². The van der Waals surface area contributed by atoms with Crippen molar-refractivity contribution in [2.75, 3.05) is 11.9 Å². The monoisotopic (exact) mass is 312 g/mol. The number of anilines is 1. The fourth-order valence-corrected chi connectivity index (χ4v) is 2.31. The predicted molar refractivity (Wildman–Crippen MR) is 87.5 cm³/mol. The number of carbonyl (C=O) groups is 1.